The van der Waals surface area contributed by atoms with Gasteiger partial charge in [-0.2, -0.15) is 0 Å². The first-order valence-corrected chi connectivity index (χ1v) is 11.9. The summed E-state index contributed by atoms with van der Waals surface area (Å²) in [5.41, 5.74) is 1.99. The van der Waals surface area contributed by atoms with E-state index < -0.39 is 5.97 Å². The van der Waals surface area contributed by atoms with E-state index in [9.17, 15) is 14.4 Å². The van der Waals surface area contributed by atoms with Crippen molar-refractivity contribution >= 4 is 17.5 Å². The van der Waals surface area contributed by atoms with E-state index in [1.165, 1.54) is 18.1 Å². The summed E-state index contributed by atoms with van der Waals surface area (Å²) in [6, 6.07) is 0. The van der Waals surface area contributed by atoms with Crippen LogP contribution in [0, 0.1) is 34.5 Å². The van der Waals surface area contributed by atoms with Crippen molar-refractivity contribution < 1.29 is 23.9 Å². The number of Topliss-reactive ketones (excluding diaryl/α,β-unsaturated/α-hetero) is 2. The Morgan fingerprint density at radius 1 is 1.19 bits per heavy atom. The summed E-state index contributed by atoms with van der Waals surface area (Å²) in [6.45, 7) is 9.39. The van der Waals surface area contributed by atoms with Gasteiger partial charge in [0.25, 0.3) is 0 Å². The second-order valence-electron chi connectivity index (χ2n) is 11.3. The molecular weight excluding hydrogens is 404 g/mol. The second-order valence-corrected chi connectivity index (χ2v) is 11.3. The van der Waals surface area contributed by atoms with Crippen LogP contribution in [0.2, 0.25) is 0 Å². The topological polar surface area (TPSA) is 73.0 Å². The van der Waals surface area contributed by atoms with Gasteiger partial charge in [0, 0.05) is 24.7 Å². The summed E-state index contributed by atoms with van der Waals surface area (Å²) in [5.74, 6) is -0.0299. The Balaban J connectivity index is 1.52. The maximum Gasteiger partial charge on any atom is 0.303 e. The number of ketones is 2. The van der Waals surface area contributed by atoms with Gasteiger partial charge in [-0.1, -0.05) is 36.8 Å². The average Bonchev–Trinajstić information content (AvgIpc) is 3.34. The van der Waals surface area contributed by atoms with Crippen LogP contribution in [0.25, 0.3) is 0 Å². The quantitative estimate of drug-likeness (QED) is 0.471. The number of hydrogen-bond acceptors (Lipinski definition) is 5. The molecule has 172 valence electrons. The van der Waals surface area contributed by atoms with Crippen LogP contribution in [-0.2, 0) is 23.9 Å². The molecule has 1 saturated heterocycles. The Hall–Kier alpha value is -2.01. The first-order valence-electron chi connectivity index (χ1n) is 11.9. The van der Waals surface area contributed by atoms with E-state index in [1.54, 1.807) is 6.92 Å². The van der Waals surface area contributed by atoms with Crippen molar-refractivity contribution in [1.82, 2.24) is 0 Å². The zero-order valence-electron chi connectivity index (χ0n) is 19.8. The molecule has 3 fully saturated rings. The van der Waals surface area contributed by atoms with E-state index in [0.29, 0.717) is 18.3 Å². The largest absolute Gasteiger partial charge is 0.458 e. The zero-order valence-corrected chi connectivity index (χ0v) is 19.8. The molecule has 32 heavy (non-hydrogen) atoms. The van der Waals surface area contributed by atoms with Crippen molar-refractivity contribution in [2.75, 3.05) is 6.61 Å². The Morgan fingerprint density at radius 2 is 1.94 bits per heavy atom. The van der Waals surface area contributed by atoms with E-state index in [4.69, 9.17) is 9.47 Å². The molecule has 0 bridgehead atoms. The molecule has 0 amide bonds. The summed E-state index contributed by atoms with van der Waals surface area (Å²) >= 11 is 0. The lowest BCUT2D eigenvalue weighted by molar-refractivity contribution is -0.149. The van der Waals surface area contributed by atoms with Gasteiger partial charge < -0.3 is 14.3 Å². The van der Waals surface area contributed by atoms with Crippen LogP contribution in [0.1, 0.15) is 60.3 Å². The summed E-state index contributed by atoms with van der Waals surface area (Å²) in [7, 11) is 0. The fraction of sp³-hybridized carbons (Fsp3) is 0.667. The molecule has 0 radical (unpaired) electrons. The number of fused-ring (bicyclic) bond motifs is 3. The van der Waals surface area contributed by atoms with Crippen molar-refractivity contribution in [1.29, 1.82) is 0 Å². The van der Waals surface area contributed by atoms with Gasteiger partial charge in [0.05, 0.1) is 6.10 Å². The smallest absolute Gasteiger partial charge is 0.303 e. The van der Waals surface area contributed by atoms with Crippen LogP contribution in [0.5, 0.6) is 0 Å². The second kappa shape index (κ2) is 6.99. The molecule has 0 N–H and O–H groups in total. The molecule has 5 aliphatic rings. The number of allylic oxidation sites excluding steroid dienone is 4. The molecule has 5 rings (SSSR count). The minimum Gasteiger partial charge on any atom is -0.458 e. The third kappa shape index (κ3) is 2.82. The van der Waals surface area contributed by atoms with E-state index in [-0.39, 0.29) is 52.5 Å². The maximum absolute atomic E-state index is 13.3. The van der Waals surface area contributed by atoms with Gasteiger partial charge in [-0.05, 0) is 68.8 Å². The van der Waals surface area contributed by atoms with Crippen molar-refractivity contribution in [3.63, 3.8) is 0 Å². The highest BCUT2D eigenvalue weighted by atomic mass is 16.6. The van der Waals surface area contributed by atoms with Gasteiger partial charge in [-0.25, -0.2) is 0 Å². The van der Waals surface area contributed by atoms with Crippen LogP contribution >= 0.6 is 0 Å². The van der Waals surface area contributed by atoms with Crippen molar-refractivity contribution in [2.45, 2.75) is 72.0 Å². The summed E-state index contributed by atoms with van der Waals surface area (Å²) in [5, 5.41) is 0. The number of carbonyl (C=O) groups is 3. The molecule has 8 atom stereocenters. The minimum absolute atomic E-state index is 0.00216. The van der Waals surface area contributed by atoms with Crippen LogP contribution in [0.3, 0.4) is 0 Å². The molecule has 0 aromatic heterocycles. The molecule has 1 aliphatic heterocycles. The monoisotopic (exact) mass is 438 g/mol. The molecule has 4 aliphatic carbocycles. The first-order chi connectivity index (χ1) is 15.0. The number of hydrogen-bond donors (Lipinski definition) is 0. The third-order valence-electron chi connectivity index (χ3n) is 9.39. The Morgan fingerprint density at radius 3 is 2.62 bits per heavy atom. The number of esters is 1. The van der Waals surface area contributed by atoms with E-state index >= 15 is 0 Å². The predicted molar refractivity (Wildman–Crippen MR) is 120 cm³/mol. The van der Waals surface area contributed by atoms with Gasteiger partial charge >= 0.3 is 5.97 Å². The van der Waals surface area contributed by atoms with Crippen LogP contribution in [0.4, 0.5) is 0 Å². The van der Waals surface area contributed by atoms with Gasteiger partial charge in [0.15, 0.2) is 5.78 Å². The molecular formula is C27H34O5. The number of rotatable bonds is 5. The highest BCUT2D eigenvalue weighted by Crippen LogP contribution is 2.75. The van der Waals surface area contributed by atoms with Crippen molar-refractivity contribution in [2.24, 2.45) is 34.5 Å². The van der Waals surface area contributed by atoms with Crippen LogP contribution in [0.15, 0.2) is 35.5 Å². The lowest BCUT2D eigenvalue weighted by Gasteiger charge is -2.53. The van der Waals surface area contributed by atoms with Gasteiger partial charge in [-0.3, -0.25) is 9.59 Å². The molecule has 1 heterocycles. The van der Waals surface area contributed by atoms with E-state index in [0.717, 1.165) is 19.3 Å². The number of ether oxygens (including phenoxy) is 2. The lowest BCUT2D eigenvalue weighted by Crippen LogP contribution is -2.56. The van der Waals surface area contributed by atoms with E-state index in [1.807, 2.05) is 0 Å². The molecule has 5 nitrogen and oxygen atoms in total. The van der Waals surface area contributed by atoms with Crippen LogP contribution in [-0.4, -0.2) is 35.8 Å². The lowest BCUT2D eigenvalue weighted by atomic mass is 9.48. The van der Waals surface area contributed by atoms with Crippen molar-refractivity contribution in [3.8, 4) is 0 Å². The van der Waals surface area contributed by atoms with Crippen molar-refractivity contribution in [3.05, 3.63) is 35.5 Å². The van der Waals surface area contributed by atoms with Crippen LogP contribution < -0.4 is 0 Å². The summed E-state index contributed by atoms with van der Waals surface area (Å²) in [4.78, 5) is 36.8. The fourth-order valence-corrected chi connectivity index (χ4v) is 8.19. The third-order valence-corrected chi connectivity index (χ3v) is 9.39. The Kier molecular flexibility index (Phi) is 4.77. The molecule has 0 aromatic rings. The Labute approximate surface area is 190 Å². The molecule has 1 spiro atoms. The normalized spacial score (nSPS) is 45.5. The summed E-state index contributed by atoms with van der Waals surface area (Å²) in [6.07, 6.45) is 12.3. The molecule has 7 unspecified atom stereocenters. The predicted octanol–water partition coefficient (Wildman–Crippen LogP) is 4.37. The van der Waals surface area contributed by atoms with Gasteiger partial charge in [-0.15, -0.1) is 0 Å². The highest BCUT2D eigenvalue weighted by molar-refractivity contribution is 5.86. The minimum atomic E-state index is -0.445. The average molecular weight is 439 g/mol. The molecule has 2 saturated carbocycles. The zero-order chi connectivity index (χ0) is 23.1. The van der Waals surface area contributed by atoms with E-state index in [2.05, 4.69) is 45.1 Å². The Bertz CT molecular complexity index is 988. The standard InChI is InChI=1S/C27H34O5/c1-15-8-9-26(5)19(10-15)6-7-20-21-12-18(11-16(2)28)24(22(30)14-31-17(3)29)25(21,4)13-23-27(20,26)32-23/h6,8-10,18,20-21,23-24H,7,11-14H2,1-5H3/t18-,20?,21?,23?,24?,25?,26?,27?/m1/s1. The SMILES string of the molecule is CC(=O)C[C@@H]1CC2C3CC=C4C=C(C)C=CC4(C)C34OC4CC2(C)C1C(=O)COC(C)=O. The fourth-order valence-electron chi connectivity index (χ4n) is 8.19. The maximum atomic E-state index is 13.3. The highest BCUT2D eigenvalue weighted by Gasteiger charge is 2.79. The first kappa shape index (κ1) is 21.8. The van der Waals surface area contributed by atoms with Gasteiger partial charge in [0.2, 0.25) is 0 Å². The molecule has 0 aromatic carbocycles. The van der Waals surface area contributed by atoms with Gasteiger partial charge in [0.1, 0.15) is 18.0 Å². The summed E-state index contributed by atoms with van der Waals surface area (Å²) < 4.78 is 11.7. The molecule has 5 heteroatoms. The number of epoxide rings is 1. The number of carbonyl (C=O) groups excluding carboxylic acids is 3.